The van der Waals surface area contributed by atoms with Gasteiger partial charge in [0, 0.05) is 48.6 Å². The van der Waals surface area contributed by atoms with Gasteiger partial charge >= 0.3 is 0 Å². The first-order valence-electron chi connectivity index (χ1n) is 13.1. The zero-order valence-electron chi connectivity index (χ0n) is 24.1. The number of benzene rings is 1. The second-order valence-corrected chi connectivity index (χ2v) is 9.48. The smallest absolute Gasteiger partial charge is 0.261 e. The van der Waals surface area contributed by atoms with Crippen LogP contribution < -0.4 is 25.0 Å². The maximum Gasteiger partial charge on any atom is 0.261 e. The fourth-order valence-electron chi connectivity index (χ4n) is 4.63. The van der Waals surface area contributed by atoms with Crippen molar-refractivity contribution in [3.05, 3.63) is 93.4 Å². The maximum atomic E-state index is 15.3. The van der Waals surface area contributed by atoms with Crippen LogP contribution in [-0.4, -0.2) is 47.2 Å². The van der Waals surface area contributed by atoms with Crippen LogP contribution in [0.1, 0.15) is 27.4 Å². The summed E-state index contributed by atoms with van der Waals surface area (Å²) in [7, 11) is 4.38. The lowest BCUT2D eigenvalue weighted by atomic mass is 10.0. The molecular weight excluding hydrogens is 557 g/mol. The maximum absolute atomic E-state index is 15.3. The number of pyridine rings is 4. The third-order valence-electron chi connectivity index (χ3n) is 6.56. The summed E-state index contributed by atoms with van der Waals surface area (Å²) < 4.78 is 36.9. The van der Waals surface area contributed by atoms with E-state index in [1.165, 1.54) is 45.7 Å². The highest BCUT2D eigenvalue weighted by atomic mass is 19.1. The highest BCUT2D eigenvalue weighted by molar-refractivity contribution is 6.05. The number of H-pyrrole nitrogens is 1. The summed E-state index contributed by atoms with van der Waals surface area (Å²) in [6.07, 6.45) is 1.50. The molecule has 220 valence electrons. The van der Waals surface area contributed by atoms with Crippen LogP contribution in [0.5, 0.6) is 23.1 Å². The summed E-state index contributed by atoms with van der Waals surface area (Å²) in [4.78, 5) is 43.3. The molecule has 4 aromatic heterocycles. The molecule has 0 aliphatic heterocycles. The number of aryl methyl sites for hydroxylation is 2. The Balaban J connectivity index is 1.45. The van der Waals surface area contributed by atoms with Crippen LogP contribution in [0, 0.1) is 19.7 Å². The van der Waals surface area contributed by atoms with Crippen molar-refractivity contribution < 1.29 is 28.1 Å². The summed E-state index contributed by atoms with van der Waals surface area (Å²) in [5.41, 5.74) is 2.43. The fourth-order valence-corrected chi connectivity index (χ4v) is 4.63. The van der Waals surface area contributed by atoms with Crippen LogP contribution >= 0.6 is 0 Å². The van der Waals surface area contributed by atoms with Crippen molar-refractivity contribution >= 4 is 22.6 Å². The largest absolute Gasteiger partial charge is 0.491 e. The number of hydrogen-bond donors (Lipinski definition) is 2. The summed E-state index contributed by atoms with van der Waals surface area (Å²) in [5.74, 6) is -0.790. The molecule has 0 atom stereocenters. The van der Waals surface area contributed by atoms with Gasteiger partial charge in [0.15, 0.2) is 23.1 Å². The average molecular weight is 586 g/mol. The van der Waals surface area contributed by atoms with Crippen molar-refractivity contribution in [2.75, 3.05) is 26.6 Å². The number of methoxy groups -OCH3 is 3. The van der Waals surface area contributed by atoms with Crippen LogP contribution in [0.3, 0.4) is 0 Å². The van der Waals surface area contributed by atoms with Crippen molar-refractivity contribution in [2.45, 2.75) is 20.5 Å². The van der Waals surface area contributed by atoms with E-state index in [2.05, 4.69) is 25.3 Å². The molecule has 0 aliphatic carbocycles. The Bertz CT molecular complexity index is 1910. The van der Waals surface area contributed by atoms with E-state index >= 15 is 4.39 Å². The Morgan fingerprint density at radius 2 is 1.79 bits per heavy atom. The number of anilines is 1. The van der Waals surface area contributed by atoms with Crippen LogP contribution in [0.2, 0.25) is 0 Å². The van der Waals surface area contributed by atoms with Gasteiger partial charge in [-0.15, -0.1) is 0 Å². The molecule has 5 rings (SSSR count). The standard InChI is InChI=1S/C31H28FN5O6/c1-16-7-6-8-20(34-16)26-17(2)35-22(15-40-3)27(29(26)38)30(39)36-18-9-10-23(19(32)13-18)43-24-11-12-33-21-14-25(41-4)31(42-5)37-28(21)24/h6-14H,15H2,1-5H3,(H,35,38)(H,36,39). The highest BCUT2D eigenvalue weighted by Crippen LogP contribution is 2.35. The average Bonchev–Trinajstić information content (AvgIpc) is 2.98. The zero-order valence-corrected chi connectivity index (χ0v) is 24.1. The van der Waals surface area contributed by atoms with Crippen LogP contribution in [0.15, 0.2) is 59.5 Å². The number of rotatable bonds is 9. The number of carbonyl (C=O) groups excluding carboxylic acids is 1. The first kappa shape index (κ1) is 29.1. The van der Waals surface area contributed by atoms with Gasteiger partial charge in [-0.3, -0.25) is 19.6 Å². The monoisotopic (exact) mass is 585 g/mol. The normalized spacial score (nSPS) is 10.9. The van der Waals surface area contributed by atoms with E-state index in [4.69, 9.17) is 18.9 Å². The topological polar surface area (TPSA) is 138 Å². The molecule has 1 aromatic carbocycles. The number of carbonyl (C=O) groups is 1. The molecule has 0 radical (unpaired) electrons. The SMILES string of the molecule is COCc1[nH]c(C)c(-c2cccc(C)n2)c(=O)c1C(=O)Nc1ccc(Oc2ccnc3cc(OC)c(OC)nc23)c(F)c1. The molecule has 0 saturated heterocycles. The van der Waals surface area contributed by atoms with Crippen molar-refractivity contribution in [2.24, 2.45) is 0 Å². The van der Waals surface area contributed by atoms with Gasteiger partial charge in [-0.05, 0) is 38.1 Å². The molecule has 11 nitrogen and oxygen atoms in total. The molecule has 12 heteroatoms. The molecule has 0 fully saturated rings. The Hall–Kier alpha value is -5.36. The fraction of sp³-hybridized carbons (Fsp3) is 0.194. The number of halogens is 1. The van der Waals surface area contributed by atoms with E-state index in [1.54, 1.807) is 25.1 Å². The molecule has 0 aliphatic rings. The van der Waals surface area contributed by atoms with Gasteiger partial charge in [-0.2, -0.15) is 0 Å². The summed E-state index contributed by atoms with van der Waals surface area (Å²) in [6.45, 7) is 3.51. The minimum Gasteiger partial charge on any atom is -0.491 e. The lowest BCUT2D eigenvalue weighted by Crippen LogP contribution is -2.27. The van der Waals surface area contributed by atoms with Crippen LogP contribution in [-0.2, 0) is 11.3 Å². The van der Waals surface area contributed by atoms with E-state index in [-0.39, 0.29) is 46.5 Å². The van der Waals surface area contributed by atoms with Gasteiger partial charge in [0.05, 0.1) is 43.3 Å². The van der Waals surface area contributed by atoms with E-state index in [0.29, 0.717) is 28.2 Å². The molecule has 1 amide bonds. The number of fused-ring (bicyclic) bond motifs is 1. The van der Waals surface area contributed by atoms with Gasteiger partial charge in [-0.25, -0.2) is 9.37 Å². The quantitative estimate of drug-likeness (QED) is 0.235. The Morgan fingerprint density at radius 1 is 0.977 bits per heavy atom. The molecule has 0 bridgehead atoms. The molecule has 43 heavy (non-hydrogen) atoms. The van der Waals surface area contributed by atoms with E-state index in [0.717, 1.165) is 11.8 Å². The number of ether oxygens (including phenoxy) is 4. The molecule has 4 heterocycles. The van der Waals surface area contributed by atoms with E-state index < -0.39 is 17.2 Å². The minimum atomic E-state index is -0.761. The molecule has 0 unspecified atom stereocenters. The molecule has 0 spiro atoms. The second kappa shape index (κ2) is 12.2. The molecule has 0 saturated carbocycles. The number of nitrogens with zero attached hydrogens (tertiary/aromatic N) is 3. The van der Waals surface area contributed by atoms with Crippen molar-refractivity contribution in [3.8, 4) is 34.4 Å². The van der Waals surface area contributed by atoms with Crippen molar-refractivity contribution in [3.63, 3.8) is 0 Å². The number of hydrogen-bond acceptors (Lipinski definition) is 9. The summed E-state index contributed by atoms with van der Waals surface area (Å²) in [6, 6.07) is 12.4. The number of nitrogens with one attached hydrogen (secondary N) is 2. The predicted octanol–water partition coefficient (Wildman–Crippen LogP) is 5.34. The van der Waals surface area contributed by atoms with Crippen LogP contribution in [0.25, 0.3) is 22.3 Å². The first-order valence-corrected chi connectivity index (χ1v) is 13.1. The van der Waals surface area contributed by atoms with Gasteiger partial charge in [-0.1, -0.05) is 6.07 Å². The number of aromatic amines is 1. The number of aromatic nitrogens is 4. The van der Waals surface area contributed by atoms with Crippen molar-refractivity contribution in [1.82, 2.24) is 19.9 Å². The molecular formula is C31H28FN5O6. The lowest BCUT2D eigenvalue weighted by molar-refractivity contribution is 0.101. The Morgan fingerprint density at radius 3 is 2.49 bits per heavy atom. The van der Waals surface area contributed by atoms with Crippen molar-refractivity contribution in [1.29, 1.82) is 0 Å². The number of amides is 1. The predicted molar refractivity (Wildman–Crippen MR) is 158 cm³/mol. The Labute approximate surface area is 245 Å². The summed E-state index contributed by atoms with van der Waals surface area (Å²) >= 11 is 0. The lowest BCUT2D eigenvalue weighted by Gasteiger charge is -2.15. The zero-order chi connectivity index (χ0) is 30.7. The molecule has 5 aromatic rings. The van der Waals surface area contributed by atoms with Gasteiger partial charge in [0.25, 0.3) is 11.8 Å². The van der Waals surface area contributed by atoms with Gasteiger partial charge in [0.1, 0.15) is 11.1 Å². The first-order chi connectivity index (χ1) is 20.7. The van der Waals surface area contributed by atoms with E-state index in [1.807, 2.05) is 13.0 Å². The van der Waals surface area contributed by atoms with Crippen LogP contribution in [0.4, 0.5) is 10.1 Å². The Kier molecular flexibility index (Phi) is 8.30. The van der Waals surface area contributed by atoms with E-state index in [9.17, 15) is 9.59 Å². The van der Waals surface area contributed by atoms with Gasteiger partial charge in [0.2, 0.25) is 5.43 Å². The highest BCUT2D eigenvalue weighted by Gasteiger charge is 2.23. The summed E-state index contributed by atoms with van der Waals surface area (Å²) in [5, 5.41) is 2.61. The third kappa shape index (κ3) is 5.86. The third-order valence-corrected chi connectivity index (χ3v) is 6.56. The second-order valence-electron chi connectivity index (χ2n) is 9.48. The minimum absolute atomic E-state index is 0.0217. The molecule has 2 N–H and O–H groups in total. The van der Waals surface area contributed by atoms with Gasteiger partial charge < -0.3 is 29.2 Å².